The summed E-state index contributed by atoms with van der Waals surface area (Å²) in [6, 6.07) is 13.9. The summed E-state index contributed by atoms with van der Waals surface area (Å²) in [6.07, 6.45) is -13.6. The second kappa shape index (κ2) is 27.6. The molecule has 14 rings (SSSR count). The van der Waals surface area contributed by atoms with Crippen LogP contribution >= 0.6 is 15.6 Å². The maximum absolute atomic E-state index is 13.4. The minimum absolute atomic E-state index is 0.0301. The maximum Gasteiger partial charge on any atom is 0.466 e. The highest BCUT2D eigenvalue weighted by atomic mass is 31.2. The van der Waals surface area contributed by atoms with Crippen molar-refractivity contribution < 1.29 is 164 Å². The molecule has 4 aromatic rings. The molecule has 36 heteroatoms. The van der Waals surface area contributed by atoms with E-state index in [2.05, 4.69) is 0 Å². The highest BCUT2D eigenvalue weighted by molar-refractivity contribution is 7.45. The van der Waals surface area contributed by atoms with Gasteiger partial charge in [-0.05, 0) is 95.8 Å². The lowest BCUT2D eigenvalue weighted by atomic mass is 9.66. The van der Waals surface area contributed by atoms with Crippen LogP contribution in [0.2, 0.25) is 0 Å². The third-order valence-corrected chi connectivity index (χ3v) is 17.5. The molecule has 4 aromatic carbocycles. The van der Waals surface area contributed by atoms with Gasteiger partial charge < -0.3 is 145 Å². The third kappa shape index (κ3) is 13.9. The molecule has 0 amide bonds. The van der Waals surface area contributed by atoms with Gasteiger partial charge in [0, 0.05) is 23.7 Å². The molecule has 4 unspecified atom stereocenters. The summed E-state index contributed by atoms with van der Waals surface area (Å²) >= 11 is 0. The zero-order valence-corrected chi connectivity index (χ0v) is 52.4. The molecule has 0 spiro atoms. The van der Waals surface area contributed by atoms with Crippen LogP contribution in [0.4, 0.5) is 0 Å². The Morgan fingerprint density at radius 3 is 1.05 bits per heavy atom. The van der Waals surface area contributed by atoms with Gasteiger partial charge in [0.2, 0.25) is 25.1 Å². The molecular formula is C58H70O34P2. The molecule has 0 bridgehead atoms. The number of esters is 2. The van der Waals surface area contributed by atoms with Crippen LogP contribution in [0.3, 0.4) is 0 Å². The van der Waals surface area contributed by atoms with E-state index in [1.807, 2.05) is 0 Å². The summed E-state index contributed by atoms with van der Waals surface area (Å²) in [4.78, 5) is 69.9. The molecule has 34 nitrogen and oxygen atoms in total. The molecule has 10 aliphatic rings. The minimum atomic E-state index is -4.64. The Balaban J connectivity index is 0.000000168. The van der Waals surface area contributed by atoms with Crippen LogP contribution < -0.4 is 37.9 Å². The van der Waals surface area contributed by atoms with Crippen molar-refractivity contribution in [1.29, 1.82) is 0 Å². The van der Waals surface area contributed by atoms with E-state index in [1.54, 1.807) is 62.4 Å². The van der Waals surface area contributed by atoms with Crippen molar-refractivity contribution in [1.82, 2.24) is 0 Å². The lowest BCUT2D eigenvalue weighted by Crippen LogP contribution is -2.63. The van der Waals surface area contributed by atoms with Crippen molar-refractivity contribution in [3.63, 3.8) is 0 Å². The highest BCUT2D eigenvalue weighted by Crippen LogP contribution is 2.59. The third-order valence-electron chi connectivity index (χ3n) is 17.5. The van der Waals surface area contributed by atoms with Crippen molar-refractivity contribution in [2.75, 3.05) is 68.5 Å². The van der Waals surface area contributed by atoms with Crippen LogP contribution in [-0.4, -0.2) is 214 Å². The summed E-state index contributed by atoms with van der Waals surface area (Å²) in [6.45, 7) is 3.86. The Bertz CT molecular complexity index is 3250. The normalized spacial score (nSPS) is 33.8. The summed E-state index contributed by atoms with van der Waals surface area (Å²) < 4.78 is 121. The molecule has 0 saturated carbocycles. The van der Waals surface area contributed by atoms with Crippen LogP contribution in [-0.2, 0) is 66.1 Å². The van der Waals surface area contributed by atoms with Gasteiger partial charge in [0.25, 0.3) is 0 Å². The number of benzene rings is 4. The van der Waals surface area contributed by atoms with Crippen LogP contribution in [0, 0.1) is 23.7 Å². The fourth-order valence-corrected chi connectivity index (χ4v) is 13.5. The number of hydrogen-bond donors (Lipinski definition) is 12. The van der Waals surface area contributed by atoms with Gasteiger partial charge in [0.1, 0.15) is 48.8 Å². The van der Waals surface area contributed by atoms with E-state index in [9.17, 15) is 40.2 Å². The first-order valence-electron chi connectivity index (χ1n) is 29.1. The maximum atomic E-state index is 13.4. The molecule has 6 saturated heterocycles. The topological polar surface area (TPSA) is 477 Å². The van der Waals surface area contributed by atoms with Crippen LogP contribution in [0.5, 0.6) is 57.5 Å². The molecule has 516 valence electrons. The quantitative estimate of drug-likeness (QED) is 0.0772. The first-order valence-corrected chi connectivity index (χ1v) is 32.2. The number of aliphatic hydroxyl groups is 4. The number of carbonyl (C=O) groups excluding carboxylic acids is 2. The number of phenolic OH excluding ortho intramolecular Hbond substituents is 2. The number of aromatic hydroxyl groups is 2. The molecule has 6 fully saturated rings. The summed E-state index contributed by atoms with van der Waals surface area (Å²) in [7, 11) is -3.56. The number of rotatable bonds is 10. The standard InChI is InChI=1S/2C29H32O13.2H3O4P/c2*1-11-36-9-20-27(40-11)24(31)25(32)29(41-20)42-26-14-7-17-16(38-10-39-17)6-13(14)21(22-15(26)8-37-28(22)33)12-4-18(34-2)23(30)19(5-12)35-3;2*1-5(2,3)4/h2*4-7,11,15,20-22,24-27,29-32H,8-10H2,1-3H3;2*(H3,1,2,3,4)/t2*11-,15?,20-,21-,22+,24-,25-,26?,27-,29+;;/m11../s1. The van der Waals surface area contributed by atoms with Crippen LogP contribution in [0.25, 0.3) is 0 Å². The number of phosphoric acid groups is 2. The predicted octanol–water partition coefficient (Wildman–Crippen LogP) is 0.820. The molecule has 2 aliphatic carbocycles. The molecule has 8 heterocycles. The number of methoxy groups -OCH3 is 4. The Labute approximate surface area is 533 Å². The van der Waals surface area contributed by atoms with Gasteiger partial charge in [-0.1, -0.05) is 0 Å². The number of cyclic esters (lactones) is 2. The predicted molar refractivity (Wildman–Crippen MR) is 305 cm³/mol. The Hall–Kier alpha value is -6.44. The van der Waals surface area contributed by atoms with E-state index < -0.39 is 149 Å². The molecule has 0 aromatic heterocycles. The van der Waals surface area contributed by atoms with E-state index in [1.165, 1.54) is 28.4 Å². The van der Waals surface area contributed by atoms with Gasteiger partial charge in [-0.3, -0.25) is 9.59 Å². The lowest BCUT2D eigenvalue weighted by Gasteiger charge is -2.47. The minimum Gasteiger partial charge on any atom is -0.502 e. The zero-order valence-electron chi connectivity index (χ0n) is 50.7. The van der Waals surface area contributed by atoms with Gasteiger partial charge in [-0.2, -0.15) is 0 Å². The second-order valence-electron chi connectivity index (χ2n) is 23.0. The average molecular weight is 1370 g/mol. The monoisotopic (exact) mass is 1370 g/mol. The lowest BCUT2D eigenvalue weighted by molar-refractivity contribution is -0.364. The number of ether oxygens (including phenoxy) is 18. The average Bonchev–Trinajstić information content (AvgIpc) is 1.41. The molecule has 12 N–H and O–H groups in total. The first kappa shape index (κ1) is 68.9. The number of carbonyl (C=O) groups is 2. The fraction of sp³-hybridized carbons (Fsp3) is 0.552. The number of fused-ring (bicyclic) bond motifs is 8. The second-order valence-corrected chi connectivity index (χ2v) is 25.1. The van der Waals surface area contributed by atoms with E-state index in [-0.39, 0.29) is 74.5 Å². The van der Waals surface area contributed by atoms with Gasteiger partial charge in [-0.25, -0.2) is 9.13 Å². The van der Waals surface area contributed by atoms with Crippen molar-refractivity contribution >= 4 is 27.6 Å². The van der Waals surface area contributed by atoms with E-state index in [0.717, 1.165) is 0 Å². The summed E-state index contributed by atoms with van der Waals surface area (Å²) in [5.74, 6) is -2.05. The van der Waals surface area contributed by atoms with Crippen molar-refractivity contribution in [2.45, 2.75) is 112 Å². The smallest absolute Gasteiger partial charge is 0.466 e. The Morgan fingerprint density at radius 2 is 0.745 bits per heavy atom. The van der Waals surface area contributed by atoms with Crippen LogP contribution in [0.1, 0.15) is 71.3 Å². The highest BCUT2D eigenvalue weighted by Gasteiger charge is 2.58. The van der Waals surface area contributed by atoms with Crippen molar-refractivity contribution in [3.8, 4) is 57.5 Å². The van der Waals surface area contributed by atoms with Gasteiger partial charge in [-0.15, -0.1) is 0 Å². The number of phenols is 2. The summed E-state index contributed by atoms with van der Waals surface area (Å²) in [5, 5.41) is 65.0. The molecule has 20 atom stereocenters. The SMILES string of the molecule is COc1cc([C@@H]2c3cc4c(cc3C(O[C@@H]3O[C@@H]5CO[C@@H](C)O[C@H]5[C@H](O)[C@H]3O)C3COC(=O)[C@@H]32)OCO4)cc(OC)c1O.COc1cc([C@@H]2c3cc4c(cc3C(O[C@@H]3O[C@@H]5CO[C@@H](C)O[C@H]5[C@H](O)[C@H]3O)C3COC(=O)[C@@H]32)OCO4)cc(OC)c1O.O=P(O)(O)O.O=P(O)(O)O. The molecule has 94 heavy (non-hydrogen) atoms. The van der Waals surface area contributed by atoms with Crippen molar-refractivity contribution in [2.24, 2.45) is 23.7 Å². The zero-order chi connectivity index (χ0) is 67.6. The van der Waals surface area contributed by atoms with Gasteiger partial charge in [0.05, 0.1) is 78.9 Å². The summed E-state index contributed by atoms with van der Waals surface area (Å²) in [5.41, 5.74) is 4.03. The first-order chi connectivity index (χ1) is 44.6. The Morgan fingerprint density at radius 1 is 0.436 bits per heavy atom. The van der Waals surface area contributed by atoms with E-state index in [0.29, 0.717) is 56.4 Å². The number of hydrogen-bond acceptors (Lipinski definition) is 28. The van der Waals surface area contributed by atoms with E-state index >= 15 is 0 Å². The number of aliphatic hydroxyl groups excluding tert-OH is 4. The fourth-order valence-electron chi connectivity index (χ4n) is 13.5. The molecule has 0 radical (unpaired) electrons. The van der Waals surface area contributed by atoms with Crippen molar-refractivity contribution in [3.05, 3.63) is 81.9 Å². The molecular weight excluding hydrogens is 1300 g/mol. The van der Waals surface area contributed by atoms with E-state index in [4.69, 9.17) is 124 Å². The largest absolute Gasteiger partial charge is 0.502 e. The van der Waals surface area contributed by atoms with Gasteiger partial charge >= 0.3 is 27.6 Å². The van der Waals surface area contributed by atoms with Crippen LogP contribution in [0.15, 0.2) is 48.5 Å². The Kier molecular flexibility index (Phi) is 20.2. The van der Waals surface area contributed by atoms with Gasteiger partial charge in [0.15, 0.2) is 71.2 Å². The molecule has 8 aliphatic heterocycles.